The molecule has 7 nitrogen and oxygen atoms in total. The first-order valence-corrected chi connectivity index (χ1v) is 7.73. The molecule has 0 unspecified atom stereocenters. The summed E-state index contributed by atoms with van der Waals surface area (Å²) in [6.07, 6.45) is 0. The zero-order valence-electron chi connectivity index (χ0n) is 12.5. The molecule has 0 saturated carbocycles. The molecule has 2 aromatic heterocycles. The molecule has 0 aliphatic rings. The van der Waals surface area contributed by atoms with Crippen LogP contribution in [0.5, 0.6) is 0 Å². The van der Waals surface area contributed by atoms with E-state index >= 15 is 0 Å². The molecule has 3 rings (SSSR count). The van der Waals surface area contributed by atoms with E-state index in [-0.39, 0.29) is 10.6 Å². The summed E-state index contributed by atoms with van der Waals surface area (Å²) in [7, 11) is 0. The number of thiophene rings is 1. The Balaban J connectivity index is 2.01. The van der Waals surface area contributed by atoms with Crippen LogP contribution in [-0.4, -0.2) is 16.9 Å². The van der Waals surface area contributed by atoms with Crippen molar-refractivity contribution in [2.45, 2.75) is 6.92 Å². The number of aromatic nitrogens is 1. The predicted molar refractivity (Wildman–Crippen MR) is 90.3 cm³/mol. The number of hydrogen-bond donors (Lipinski definition) is 3. The standard InChI is InChI=1S/C16H13N3O4S/c1-7-2-4-8(5-3-7)18-14(21)12-11(17)9-6-10(16(22)23)13(20)19-15(9)24-12/h2-6H,17H2,1H3,(H,18,21)(H,19,20)(H,22,23)/p-1. The molecule has 0 bridgehead atoms. The van der Waals surface area contributed by atoms with Crippen molar-refractivity contribution in [1.82, 2.24) is 4.98 Å². The molecule has 24 heavy (non-hydrogen) atoms. The lowest BCUT2D eigenvalue weighted by atomic mass is 10.2. The van der Waals surface area contributed by atoms with E-state index in [0.29, 0.717) is 15.9 Å². The number of carboxylic acid groups (broad SMARTS) is 1. The van der Waals surface area contributed by atoms with Crippen LogP contribution < -0.4 is 21.7 Å². The van der Waals surface area contributed by atoms with Gasteiger partial charge in [-0.25, -0.2) is 0 Å². The van der Waals surface area contributed by atoms with Crippen molar-refractivity contribution >= 4 is 44.8 Å². The number of carbonyl (C=O) groups is 2. The average Bonchev–Trinajstić information content (AvgIpc) is 2.85. The Labute approximate surface area is 139 Å². The monoisotopic (exact) mass is 342 g/mol. The SMILES string of the molecule is Cc1ccc(NC(=O)c2sc3[nH]c(=O)c(C(=O)[O-])cc3c2N)cc1. The van der Waals surface area contributed by atoms with E-state index in [1.807, 2.05) is 19.1 Å². The average molecular weight is 342 g/mol. The Morgan fingerprint density at radius 1 is 1.25 bits per heavy atom. The highest BCUT2D eigenvalue weighted by Gasteiger charge is 2.18. The molecule has 0 atom stereocenters. The molecule has 122 valence electrons. The molecule has 3 aromatic rings. The molecule has 0 spiro atoms. The number of amides is 1. The van der Waals surface area contributed by atoms with Crippen molar-refractivity contribution in [3.63, 3.8) is 0 Å². The summed E-state index contributed by atoms with van der Waals surface area (Å²) >= 11 is 0.983. The molecule has 1 amide bonds. The Bertz CT molecular complexity index is 1020. The highest BCUT2D eigenvalue weighted by atomic mass is 32.1. The van der Waals surface area contributed by atoms with Crippen LogP contribution in [-0.2, 0) is 0 Å². The number of H-pyrrole nitrogens is 1. The number of nitrogens with two attached hydrogens (primary N) is 1. The number of rotatable bonds is 3. The van der Waals surface area contributed by atoms with E-state index in [0.717, 1.165) is 23.0 Å². The summed E-state index contributed by atoms with van der Waals surface area (Å²) in [6, 6.07) is 8.35. The molecular weight excluding hydrogens is 330 g/mol. The van der Waals surface area contributed by atoms with Crippen LogP contribution in [0.25, 0.3) is 10.2 Å². The summed E-state index contributed by atoms with van der Waals surface area (Å²) in [4.78, 5) is 37.9. The number of carboxylic acids is 1. The highest BCUT2D eigenvalue weighted by Crippen LogP contribution is 2.32. The minimum Gasteiger partial charge on any atom is -0.545 e. The lowest BCUT2D eigenvalue weighted by molar-refractivity contribution is -0.255. The van der Waals surface area contributed by atoms with Crippen molar-refractivity contribution in [3.05, 3.63) is 56.7 Å². The minimum atomic E-state index is -1.60. The van der Waals surface area contributed by atoms with Crippen LogP contribution >= 0.6 is 11.3 Å². The largest absolute Gasteiger partial charge is 0.545 e. The van der Waals surface area contributed by atoms with Crippen LogP contribution in [0.15, 0.2) is 35.1 Å². The highest BCUT2D eigenvalue weighted by molar-refractivity contribution is 7.21. The fourth-order valence-corrected chi connectivity index (χ4v) is 3.21. The number of nitrogens with one attached hydrogen (secondary N) is 2. The van der Waals surface area contributed by atoms with E-state index in [1.165, 1.54) is 0 Å². The first kappa shape index (κ1) is 15.8. The van der Waals surface area contributed by atoms with Gasteiger partial charge in [0.1, 0.15) is 9.71 Å². The van der Waals surface area contributed by atoms with Crippen molar-refractivity contribution in [1.29, 1.82) is 0 Å². The van der Waals surface area contributed by atoms with E-state index in [4.69, 9.17) is 5.73 Å². The van der Waals surface area contributed by atoms with Gasteiger partial charge in [-0.1, -0.05) is 17.7 Å². The number of aromatic carboxylic acids is 1. The number of carbonyl (C=O) groups excluding carboxylic acids is 2. The maximum absolute atomic E-state index is 12.4. The summed E-state index contributed by atoms with van der Waals surface area (Å²) < 4.78 is 0. The third-order valence-electron chi connectivity index (χ3n) is 3.48. The minimum absolute atomic E-state index is 0.110. The zero-order chi connectivity index (χ0) is 17.4. The van der Waals surface area contributed by atoms with Gasteiger partial charge in [0.15, 0.2) is 0 Å². The second-order valence-electron chi connectivity index (χ2n) is 5.21. The van der Waals surface area contributed by atoms with Crippen LogP contribution in [0, 0.1) is 6.92 Å². The second kappa shape index (κ2) is 5.82. The number of aromatic amines is 1. The smallest absolute Gasteiger partial charge is 0.267 e. The first-order chi connectivity index (χ1) is 11.4. The molecule has 8 heteroatoms. The molecule has 4 N–H and O–H groups in total. The molecule has 1 aromatic carbocycles. The van der Waals surface area contributed by atoms with Gasteiger partial charge in [0.25, 0.3) is 11.5 Å². The third-order valence-corrected chi connectivity index (χ3v) is 4.62. The van der Waals surface area contributed by atoms with Crippen molar-refractivity contribution in [2.24, 2.45) is 0 Å². The van der Waals surface area contributed by atoms with Gasteiger partial charge >= 0.3 is 0 Å². The van der Waals surface area contributed by atoms with Crippen LogP contribution in [0.1, 0.15) is 25.6 Å². The van der Waals surface area contributed by atoms with E-state index in [2.05, 4.69) is 10.3 Å². The predicted octanol–water partition coefficient (Wildman–Crippen LogP) is 1.10. The van der Waals surface area contributed by atoms with E-state index in [9.17, 15) is 19.5 Å². The lowest BCUT2D eigenvalue weighted by Crippen LogP contribution is -2.29. The summed E-state index contributed by atoms with van der Waals surface area (Å²) in [5.41, 5.74) is 6.39. The van der Waals surface area contributed by atoms with Gasteiger partial charge in [-0.2, -0.15) is 0 Å². The molecule has 2 heterocycles. The second-order valence-corrected chi connectivity index (χ2v) is 6.23. The Hall–Kier alpha value is -3.13. The quantitative estimate of drug-likeness (QED) is 0.656. The number of benzene rings is 1. The molecule has 0 saturated heterocycles. The Morgan fingerprint density at radius 3 is 2.54 bits per heavy atom. The number of nitrogen functional groups attached to an aromatic ring is 1. The van der Waals surface area contributed by atoms with Gasteiger partial charge in [0, 0.05) is 11.1 Å². The van der Waals surface area contributed by atoms with Gasteiger partial charge in [-0.05, 0) is 25.1 Å². The van der Waals surface area contributed by atoms with E-state index in [1.54, 1.807) is 12.1 Å². The van der Waals surface area contributed by atoms with Crippen molar-refractivity contribution in [2.75, 3.05) is 11.1 Å². The normalized spacial score (nSPS) is 10.7. The van der Waals surface area contributed by atoms with Gasteiger partial charge in [-0.3, -0.25) is 9.59 Å². The Morgan fingerprint density at radius 2 is 1.92 bits per heavy atom. The van der Waals surface area contributed by atoms with Gasteiger partial charge < -0.3 is 25.9 Å². The van der Waals surface area contributed by atoms with Gasteiger partial charge in [-0.15, -0.1) is 11.3 Å². The number of aryl methyl sites for hydroxylation is 1. The van der Waals surface area contributed by atoms with Gasteiger partial charge in [0.05, 0.1) is 17.2 Å². The number of hydrogen-bond acceptors (Lipinski definition) is 6. The van der Waals surface area contributed by atoms with Crippen LogP contribution in [0.2, 0.25) is 0 Å². The summed E-state index contributed by atoms with van der Waals surface area (Å²) in [5, 5.41) is 13.9. The number of pyridine rings is 1. The van der Waals surface area contributed by atoms with Crippen LogP contribution in [0.3, 0.4) is 0 Å². The van der Waals surface area contributed by atoms with E-state index < -0.39 is 23.0 Å². The topological polar surface area (TPSA) is 128 Å². The molecule has 0 radical (unpaired) electrons. The molecular formula is C16H12N3O4S-. The zero-order valence-corrected chi connectivity index (χ0v) is 13.3. The molecule has 0 aliphatic heterocycles. The summed E-state index contributed by atoms with van der Waals surface area (Å²) in [6.45, 7) is 1.93. The number of fused-ring (bicyclic) bond motifs is 1. The Kier molecular flexibility index (Phi) is 3.82. The third kappa shape index (κ3) is 2.74. The molecule has 0 aliphatic carbocycles. The fraction of sp³-hybridized carbons (Fsp3) is 0.0625. The fourth-order valence-electron chi connectivity index (χ4n) is 2.22. The number of anilines is 2. The van der Waals surface area contributed by atoms with Crippen molar-refractivity contribution in [3.8, 4) is 0 Å². The van der Waals surface area contributed by atoms with Crippen molar-refractivity contribution < 1.29 is 14.7 Å². The molecule has 0 fully saturated rings. The lowest BCUT2D eigenvalue weighted by Gasteiger charge is -2.04. The van der Waals surface area contributed by atoms with Gasteiger partial charge in [0.2, 0.25) is 0 Å². The maximum Gasteiger partial charge on any atom is 0.267 e. The summed E-state index contributed by atoms with van der Waals surface area (Å²) in [5.74, 6) is -2.04. The van der Waals surface area contributed by atoms with Crippen LogP contribution in [0.4, 0.5) is 11.4 Å². The first-order valence-electron chi connectivity index (χ1n) is 6.91. The maximum atomic E-state index is 12.4.